The van der Waals surface area contributed by atoms with E-state index in [0.29, 0.717) is 18.1 Å². The summed E-state index contributed by atoms with van der Waals surface area (Å²) in [6.07, 6.45) is 2.05. The van der Waals surface area contributed by atoms with Crippen molar-refractivity contribution in [1.29, 1.82) is 0 Å². The molecular formula is C19H15N5O4S. The summed E-state index contributed by atoms with van der Waals surface area (Å²) in [6, 6.07) is 11.0. The lowest BCUT2D eigenvalue weighted by molar-refractivity contribution is -0.385. The number of carbonyl (C=O) groups excluding carboxylic acids is 2. The number of fused-ring (bicyclic) bond motifs is 1. The van der Waals surface area contributed by atoms with Crippen LogP contribution in [0.2, 0.25) is 0 Å². The van der Waals surface area contributed by atoms with Crippen LogP contribution in [-0.4, -0.2) is 38.2 Å². The number of para-hydroxylation sites is 1. The number of pyridine rings is 1. The Balaban J connectivity index is 1.50. The molecule has 0 spiro atoms. The maximum atomic E-state index is 12.8. The van der Waals surface area contributed by atoms with Crippen LogP contribution in [0.3, 0.4) is 0 Å². The predicted molar refractivity (Wildman–Crippen MR) is 106 cm³/mol. The van der Waals surface area contributed by atoms with Gasteiger partial charge in [-0.3, -0.25) is 30.0 Å². The Morgan fingerprint density at radius 2 is 1.97 bits per heavy atom. The van der Waals surface area contributed by atoms with Gasteiger partial charge in [-0.15, -0.1) is 0 Å². The average Bonchev–Trinajstić information content (AvgIpc) is 3.15. The van der Waals surface area contributed by atoms with E-state index in [1.54, 1.807) is 29.2 Å². The van der Waals surface area contributed by atoms with Crippen LogP contribution in [0.5, 0.6) is 0 Å². The first-order valence-electron chi connectivity index (χ1n) is 8.76. The number of nitrogens with zero attached hydrogens (tertiary/aromatic N) is 4. The van der Waals surface area contributed by atoms with Crippen molar-refractivity contribution in [1.82, 2.24) is 14.9 Å². The van der Waals surface area contributed by atoms with E-state index < -0.39 is 10.8 Å². The minimum atomic E-state index is -0.555. The molecule has 10 heteroatoms. The fourth-order valence-corrected chi connectivity index (χ4v) is 4.08. The summed E-state index contributed by atoms with van der Waals surface area (Å²) in [7, 11) is 0. The summed E-state index contributed by atoms with van der Waals surface area (Å²) in [6.45, 7) is 0.687. The first-order valence-corrected chi connectivity index (χ1v) is 9.58. The molecule has 1 aliphatic rings. The summed E-state index contributed by atoms with van der Waals surface area (Å²) >= 11 is 1.29. The van der Waals surface area contributed by atoms with Crippen LogP contribution in [0.25, 0.3) is 0 Å². The number of amides is 2. The van der Waals surface area contributed by atoms with E-state index in [0.717, 1.165) is 10.6 Å². The number of nitro groups is 1. The van der Waals surface area contributed by atoms with Crippen molar-refractivity contribution in [3.63, 3.8) is 0 Å². The molecule has 2 amide bonds. The number of anilines is 1. The largest absolute Gasteiger partial charge is 0.333 e. The van der Waals surface area contributed by atoms with Crippen LogP contribution < -0.4 is 5.32 Å². The van der Waals surface area contributed by atoms with E-state index in [1.807, 2.05) is 0 Å². The molecule has 0 radical (unpaired) electrons. The Hall–Kier alpha value is -3.66. The SMILES string of the molecule is O=C(Nc1nc2c(s1)CN(C(=O)c1ccccc1[N+](=O)[O-])CC2)c1ccccn1. The van der Waals surface area contributed by atoms with Gasteiger partial charge in [-0.1, -0.05) is 29.5 Å². The van der Waals surface area contributed by atoms with Crippen LogP contribution in [0.15, 0.2) is 48.7 Å². The van der Waals surface area contributed by atoms with E-state index in [1.165, 1.54) is 35.7 Å². The van der Waals surface area contributed by atoms with E-state index in [9.17, 15) is 19.7 Å². The predicted octanol–water partition coefficient (Wildman–Crippen LogP) is 2.90. The van der Waals surface area contributed by atoms with E-state index in [4.69, 9.17) is 0 Å². The number of carbonyl (C=O) groups is 2. The van der Waals surface area contributed by atoms with Gasteiger partial charge in [0, 0.05) is 30.1 Å². The number of aromatic nitrogens is 2. The topological polar surface area (TPSA) is 118 Å². The maximum absolute atomic E-state index is 12.8. The Kier molecular flexibility index (Phi) is 5.00. The molecule has 0 bridgehead atoms. The number of nitro benzene ring substituents is 1. The van der Waals surface area contributed by atoms with Gasteiger partial charge in [0.25, 0.3) is 17.5 Å². The summed E-state index contributed by atoms with van der Waals surface area (Å²) < 4.78 is 0. The van der Waals surface area contributed by atoms with Crippen molar-refractivity contribution in [3.05, 3.63) is 80.6 Å². The van der Waals surface area contributed by atoms with Crippen molar-refractivity contribution in [2.45, 2.75) is 13.0 Å². The van der Waals surface area contributed by atoms with Crippen molar-refractivity contribution in [2.75, 3.05) is 11.9 Å². The summed E-state index contributed by atoms with van der Waals surface area (Å²) in [4.78, 5) is 46.6. The fraction of sp³-hybridized carbons (Fsp3) is 0.158. The lowest BCUT2D eigenvalue weighted by Gasteiger charge is -2.26. The number of nitrogens with one attached hydrogen (secondary N) is 1. The maximum Gasteiger partial charge on any atom is 0.282 e. The number of hydrogen-bond acceptors (Lipinski definition) is 7. The molecule has 1 N–H and O–H groups in total. The van der Waals surface area contributed by atoms with Crippen molar-refractivity contribution >= 4 is 34.0 Å². The highest BCUT2D eigenvalue weighted by atomic mass is 32.1. The Bertz CT molecular complexity index is 1100. The third-order valence-corrected chi connectivity index (χ3v) is 5.47. The third kappa shape index (κ3) is 3.83. The Morgan fingerprint density at radius 1 is 1.17 bits per heavy atom. The molecule has 0 aliphatic carbocycles. The highest BCUT2D eigenvalue weighted by Crippen LogP contribution is 2.30. The molecule has 0 unspecified atom stereocenters. The number of hydrogen-bond donors (Lipinski definition) is 1. The Labute approximate surface area is 169 Å². The second-order valence-corrected chi connectivity index (χ2v) is 7.39. The van der Waals surface area contributed by atoms with Gasteiger partial charge in [0.1, 0.15) is 11.3 Å². The second-order valence-electron chi connectivity index (χ2n) is 6.31. The van der Waals surface area contributed by atoms with Crippen LogP contribution in [0.4, 0.5) is 10.8 Å². The summed E-state index contributed by atoms with van der Waals surface area (Å²) in [5, 5.41) is 14.4. The highest BCUT2D eigenvalue weighted by molar-refractivity contribution is 7.15. The van der Waals surface area contributed by atoms with Gasteiger partial charge in [-0.05, 0) is 18.2 Å². The summed E-state index contributed by atoms with van der Waals surface area (Å²) in [5.74, 6) is -0.750. The molecule has 3 aromatic rings. The quantitative estimate of drug-likeness (QED) is 0.523. The Morgan fingerprint density at radius 3 is 2.72 bits per heavy atom. The number of rotatable bonds is 4. The van der Waals surface area contributed by atoms with E-state index >= 15 is 0 Å². The molecule has 0 atom stereocenters. The molecule has 1 aliphatic heterocycles. The standard InChI is InChI=1S/C19H15N5O4S/c25-17(14-6-3-4-9-20-14)22-19-21-13-8-10-23(11-16(13)29-19)18(26)12-5-1-2-7-15(12)24(27)28/h1-7,9H,8,10-11H2,(H,21,22,25). The fourth-order valence-electron chi connectivity index (χ4n) is 3.06. The molecule has 0 saturated heterocycles. The molecule has 0 fully saturated rings. The molecule has 146 valence electrons. The van der Waals surface area contributed by atoms with E-state index in [-0.39, 0.29) is 29.4 Å². The minimum absolute atomic E-state index is 0.0640. The average molecular weight is 409 g/mol. The van der Waals surface area contributed by atoms with Crippen LogP contribution in [0.1, 0.15) is 31.4 Å². The minimum Gasteiger partial charge on any atom is -0.333 e. The van der Waals surface area contributed by atoms with Gasteiger partial charge < -0.3 is 4.90 Å². The van der Waals surface area contributed by atoms with Gasteiger partial charge in [0.05, 0.1) is 17.2 Å². The third-order valence-electron chi connectivity index (χ3n) is 4.47. The second kappa shape index (κ2) is 7.76. The van der Waals surface area contributed by atoms with Crippen LogP contribution >= 0.6 is 11.3 Å². The number of benzene rings is 1. The molecule has 0 saturated carbocycles. The highest BCUT2D eigenvalue weighted by Gasteiger charge is 2.29. The van der Waals surface area contributed by atoms with Crippen molar-refractivity contribution in [3.8, 4) is 0 Å². The molecule has 29 heavy (non-hydrogen) atoms. The monoisotopic (exact) mass is 409 g/mol. The zero-order chi connectivity index (χ0) is 20.4. The smallest absolute Gasteiger partial charge is 0.282 e. The number of thiazole rings is 1. The lowest BCUT2D eigenvalue weighted by atomic mass is 10.1. The summed E-state index contributed by atoms with van der Waals surface area (Å²) in [5.41, 5.74) is 0.955. The van der Waals surface area contributed by atoms with Crippen molar-refractivity contribution < 1.29 is 14.5 Å². The van der Waals surface area contributed by atoms with Gasteiger partial charge in [0.15, 0.2) is 5.13 Å². The molecule has 2 aromatic heterocycles. The van der Waals surface area contributed by atoms with Gasteiger partial charge in [-0.2, -0.15) is 0 Å². The normalized spacial score (nSPS) is 12.9. The first kappa shape index (κ1) is 18.7. The van der Waals surface area contributed by atoms with Crippen molar-refractivity contribution in [2.24, 2.45) is 0 Å². The molecule has 1 aromatic carbocycles. The zero-order valence-electron chi connectivity index (χ0n) is 15.1. The van der Waals surface area contributed by atoms with Gasteiger partial charge in [-0.25, -0.2) is 4.98 Å². The molecule has 9 nitrogen and oxygen atoms in total. The van der Waals surface area contributed by atoms with Crippen LogP contribution in [-0.2, 0) is 13.0 Å². The molecular weight excluding hydrogens is 394 g/mol. The van der Waals surface area contributed by atoms with Gasteiger partial charge >= 0.3 is 0 Å². The van der Waals surface area contributed by atoms with E-state index in [2.05, 4.69) is 15.3 Å². The van der Waals surface area contributed by atoms with Gasteiger partial charge in [0.2, 0.25) is 0 Å². The first-order chi connectivity index (χ1) is 14.0. The zero-order valence-corrected chi connectivity index (χ0v) is 15.9. The lowest BCUT2D eigenvalue weighted by Crippen LogP contribution is -2.35. The molecule has 3 heterocycles. The molecule has 4 rings (SSSR count). The van der Waals surface area contributed by atoms with Crippen LogP contribution in [0, 0.1) is 10.1 Å².